The van der Waals surface area contributed by atoms with Gasteiger partial charge >= 0.3 is 5.97 Å². The molecule has 0 aromatic heterocycles. The van der Waals surface area contributed by atoms with Gasteiger partial charge in [-0.1, -0.05) is 13.8 Å². The van der Waals surface area contributed by atoms with Gasteiger partial charge in [0.25, 0.3) is 0 Å². The van der Waals surface area contributed by atoms with E-state index in [-0.39, 0.29) is 12.0 Å². The SMILES string of the molecule is CCOC1CC(N)(C(=O)NC(C)C(=O)OC)C1(C)C. The summed E-state index contributed by atoms with van der Waals surface area (Å²) in [6.07, 6.45) is 0.412. The molecular formula is C13H24N2O4. The molecule has 3 N–H and O–H groups in total. The van der Waals surface area contributed by atoms with Crippen LogP contribution in [0.5, 0.6) is 0 Å². The summed E-state index contributed by atoms with van der Waals surface area (Å²) in [5.41, 5.74) is 4.70. The maximum Gasteiger partial charge on any atom is 0.328 e. The quantitative estimate of drug-likeness (QED) is 0.698. The smallest absolute Gasteiger partial charge is 0.328 e. The maximum absolute atomic E-state index is 12.2. The summed E-state index contributed by atoms with van der Waals surface area (Å²) < 4.78 is 10.1. The molecule has 1 amide bonds. The predicted molar refractivity (Wildman–Crippen MR) is 70.4 cm³/mol. The lowest BCUT2D eigenvalue weighted by Crippen LogP contribution is -2.76. The molecule has 1 aliphatic carbocycles. The molecule has 0 spiro atoms. The van der Waals surface area contributed by atoms with E-state index in [1.807, 2.05) is 20.8 Å². The van der Waals surface area contributed by atoms with Gasteiger partial charge in [0.15, 0.2) is 0 Å². The van der Waals surface area contributed by atoms with E-state index >= 15 is 0 Å². The van der Waals surface area contributed by atoms with Gasteiger partial charge in [0.2, 0.25) is 5.91 Å². The topological polar surface area (TPSA) is 90.6 Å². The number of nitrogens with two attached hydrogens (primary N) is 1. The molecule has 110 valence electrons. The van der Waals surface area contributed by atoms with Crippen molar-refractivity contribution in [3.8, 4) is 0 Å². The van der Waals surface area contributed by atoms with Crippen LogP contribution in [0.1, 0.15) is 34.1 Å². The number of nitrogens with one attached hydrogen (secondary N) is 1. The molecule has 0 bridgehead atoms. The monoisotopic (exact) mass is 272 g/mol. The lowest BCUT2D eigenvalue weighted by Gasteiger charge is -2.57. The molecule has 0 aliphatic heterocycles. The van der Waals surface area contributed by atoms with E-state index in [1.165, 1.54) is 7.11 Å². The van der Waals surface area contributed by atoms with Gasteiger partial charge in [0, 0.05) is 18.4 Å². The summed E-state index contributed by atoms with van der Waals surface area (Å²) in [5.74, 6) is -0.832. The standard InChI is InChI=1S/C13H24N2O4/c1-6-19-9-7-13(14,12(9,3)4)11(17)15-8(2)10(16)18-5/h8-9H,6-7,14H2,1-5H3,(H,15,17). The van der Waals surface area contributed by atoms with Crippen molar-refractivity contribution in [2.24, 2.45) is 11.1 Å². The van der Waals surface area contributed by atoms with Crippen LogP contribution in [0.4, 0.5) is 0 Å². The van der Waals surface area contributed by atoms with Gasteiger partial charge < -0.3 is 20.5 Å². The zero-order chi connectivity index (χ0) is 14.8. The Morgan fingerprint density at radius 2 is 2.05 bits per heavy atom. The van der Waals surface area contributed by atoms with Crippen LogP contribution < -0.4 is 11.1 Å². The second-order valence-corrected chi connectivity index (χ2v) is 5.56. The molecule has 3 unspecified atom stereocenters. The lowest BCUT2D eigenvalue weighted by molar-refractivity contribution is -0.172. The molecule has 3 atom stereocenters. The second-order valence-electron chi connectivity index (χ2n) is 5.56. The zero-order valence-electron chi connectivity index (χ0n) is 12.3. The molecule has 0 saturated heterocycles. The predicted octanol–water partition coefficient (Wildman–Crippen LogP) is 0.197. The molecule has 0 aromatic rings. The van der Waals surface area contributed by atoms with Crippen LogP contribution >= 0.6 is 0 Å². The number of esters is 1. The molecule has 1 saturated carbocycles. The van der Waals surface area contributed by atoms with E-state index in [9.17, 15) is 9.59 Å². The molecular weight excluding hydrogens is 248 g/mol. The third kappa shape index (κ3) is 2.60. The van der Waals surface area contributed by atoms with Crippen LogP contribution in [-0.2, 0) is 19.1 Å². The number of methoxy groups -OCH3 is 1. The first-order chi connectivity index (χ1) is 8.70. The van der Waals surface area contributed by atoms with Gasteiger partial charge in [0.1, 0.15) is 11.6 Å². The highest BCUT2D eigenvalue weighted by Gasteiger charge is 2.63. The number of carbonyl (C=O) groups excluding carboxylic acids is 2. The Hall–Kier alpha value is -1.14. The van der Waals surface area contributed by atoms with Crippen LogP contribution in [0.2, 0.25) is 0 Å². The van der Waals surface area contributed by atoms with Gasteiger partial charge in [-0.25, -0.2) is 4.79 Å². The highest BCUT2D eigenvalue weighted by atomic mass is 16.5. The minimum Gasteiger partial charge on any atom is -0.467 e. The van der Waals surface area contributed by atoms with Gasteiger partial charge in [-0.2, -0.15) is 0 Å². The highest BCUT2D eigenvalue weighted by molar-refractivity contribution is 5.92. The largest absolute Gasteiger partial charge is 0.467 e. The first-order valence-electron chi connectivity index (χ1n) is 6.50. The fourth-order valence-electron chi connectivity index (χ4n) is 2.38. The van der Waals surface area contributed by atoms with Crippen molar-refractivity contribution in [1.82, 2.24) is 5.32 Å². The minimum atomic E-state index is -1.02. The number of amides is 1. The summed E-state index contributed by atoms with van der Waals surface area (Å²) in [6.45, 7) is 7.87. The Bertz CT molecular complexity index is 370. The average Bonchev–Trinajstić information content (AvgIpc) is 2.36. The average molecular weight is 272 g/mol. The van der Waals surface area contributed by atoms with E-state index < -0.39 is 23.0 Å². The molecule has 1 rings (SSSR count). The van der Waals surface area contributed by atoms with Gasteiger partial charge in [-0.05, 0) is 13.8 Å². The Morgan fingerprint density at radius 1 is 1.47 bits per heavy atom. The third-order valence-electron chi connectivity index (χ3n) is 4.14. The summed E-state index contributed by atoms with van der Waals surface area (Å²) >= 11 is 0. The highest BCUT2D eigenvalue weighted by Crippen LogP contribution is 2.49. The third-order valence-corrected chi connectivity index (χ3v) is 4.14. The fourth-order valence-corrected chi connectivity index (χ4v) is 2.38. The molecule has 1 fully saturated rings. The van der Waals surface area contributed by atoms with Crippen molar-refractivity contribution < 1.29 is 19.1 Å². The van der Waals surface area contributed by atoms with Gasteiger partial charge in [-0.15, -0.1) is 0 Å². The van der Waals surface area contributed by atoms with E-state index in [4.69, 9.17) is 10.5 Å². The van der Waals surface area contributed by atoms with Gasteiger partial charge in [0.05, 0.1) is 13.2 Å². The van der Waals surface area contributed by atoms with E-state index in [1.54, 1.807) is 6.92 Å². The molecule has 1 aliphatic rings. The molecule has 0 heterocycles. The second kappa shape index (κ2) is 5.46. The molecule has 19 heavy (non-hydrogen) atoms. The van der Waals surface area contributed by atoms with Crippen LogP contribution in [0.3, 0.4) is 0 Å². The number of rotatable bonds is 5. The van der Waals surface area contributed by atoms with Crippen molar-refractivity contribution in [1.29, 1.82) is 0 Å². The van der Waals surface area contributed by atoms with Crippen molar-refractivity contribution >= 4 is 11.9 Å². The van der Waals surface area contributed by atoms with Crippen molar-refractivity contribution in [3.05, 3.63) is 0 Å². The maximum atomic E-state index is 12.2. The van der Waals surface area contributed by atoms with E-state index in [0.29, 0.717) is 13.0 Å². The Balaban J connectivity index is 2.70. The van der Waals surface area contributed by atoms with E-state index in [2.05, 4.69) is 10.1 Å². The summed E-state index contributed by atoms with van der Waals surface area (Å²) in [6, 6.07) is -0.708. The first kappa shape index (κ1) is 15.9. The van der Waals surface area contributed by atoms with Crippen molar-refractivity contribution in [3.63, 3.8) is 0 Å². The van der Waals surface area contributed by atoms with Crippen LogP contribution in [-0.4, -0.2) is 43.3 Å². The number of hydrogen-bond donors (Lipinski definition) is 2. The molecule has 6 nitrogen and oxygen atoms in total. The summed E-state index contributed by atoms with van der Waals surface area (Å²) in [5, 5.41) is 2.60. The van der Waals surface area contributed by atoms with Crippen molar-refractivity contribution in [2.75, 3.05) is 13.7 Å². The van der Waals surface area contributed by atoms with Gasteiger partial charge in [-0.3, -0.25) is 4.79 Å². The number of ether oxygens (including phenoxy) is 2. The lowest BCUT2D eigenvalue weighted by atomic mass is 9.54. The molecule has 6 heteroatoms. The van der Waals surface area contributed by atoms with Crippen LogP contribution in [0.15, 0.2) is 0 Å². The minimum absolute atomic E-state index is 0.0401. The number of hydrogen-bond acceptors (Lipinski definition) is 5. The Morgan fingerprint density at radius 3 is 2.47 bits per heavy atom. The first-order valence-corrected chi connectivity index (χ1v) is 6.50. The van der Waals surface area contributed by atoms with Crippen molar-refractivity contribution in [2.45, 2.75) is 51.8 Å². The Labute approximate surface area is 114 Å². The van der Waals surface area contributed by atoms with Crippen LogP contribution in [0.25, 0.3) is 0 Å². The number of carbonyl (C=O) groups is 2. The summed E-state index contributed by atoms with van der Waals surface area (Å²) in [4.78, 5) is 23.6. The fraction of sp³-hybridized carbons (Fsp3) is 0.846. The normalized spacial score (nSPS) is 30.1. The van der Waals surface area contributed by atoms with Crippen LogP contribution in [0, 0.1) is 5.41 Å². The molecule has 0 radical (unpaired) electrons. The zero-order valence-corrected chi connectivity index (χ0v) is 12.3. The Kier molecular flexibility index (Phi) is 4.58. The van der Waals surface area contributed by atoms with E-state index in [0.717, 1.165) is 0 Å². The summed E-state index contributed by atoms with van der Waals surface area (Å²) in [7, 11) is 1.28. The molecule has 0 aromatic carbocycles.